The van der Waals surface area contributed by atoms with Crippen molar-refractivity contribution < 1.29 is 19.0 Å². The number of nitrogens with one attached hydrogen (secondary N) is 1. The van der Waals surface area contributed by atoms with Crippen molar-refractivity contribution in [1.82, 2.24) is 5.32 Å². The van der Waals surface area contributed by atoms with Crippen molar-refractivity contribution in [2.24, 2.45) is 0 Å². The van der Waals surface area contributed by atoms with Crippen molar-refractivity contribution in [1.29, 1.82) is 0 Å². The van der Waals surface area contributed by atoms with Crippen LogP contribution in [-0.4, -0.2) is 32.8 Å². The third-order valence-corrected chi connectivity index (χ3v) is 4.42. The van der Waals surface area contributed by atoms with Gasteiger partial charge in [0, 0.05) is 22.7 Å². The fraction of sp³-hybridized carbons (Fsp3) is 0.250. The molecule has 2 aromatic rings. The maximum Gasteiger partial charge on any atom is 0.244 e. The molecule has 1 aliphatic rings. The van der Waals surface area contributed by atoms with Crippen LogP contribution in [0.2, 0.25) is 0 Å². The number of hydrogen-bond acceptors (Lipinski definition) is 4. The Morgan fingerprint density at radius 3 is 2.81 bits per heavy atom. The van der Waals surface area contributed by atoms with E-state index < -0.39 is 0 Å². The van der Waals surface area contributed by atoms with Crippen molar-refractivity contribution in [3.05, 3.63) is 58.1 Å². The largest absolute Gasteiger partial charge is 0.496 e. The number of fused-ring (bicyclic) bond motifs is 1. The minimum absolute atomic E-state index is 0.149. The van der Waals surface area contributed by atoms with Gasteiger partial charge in [-0.25, -0.2) is 0 Å². The quantitative estimate of drug-likeness (QED) is 0.729. The predicted molar refractivity (Wildman–Crippen MR) is 104 cm³/mol. The molecule has 1 aliphatic heterocycles. The Balaban J connectivity index is 1.52. The molecule has 0 atom stereocenters. The summed E-state index contributed by atoms with van der Waals surface area (Å²) in [5.41, 5.74) is 1.93. The number of methoxy groups -OCH3 is 1. The highest BCUT2D eigenvalue weighted by atomic mass is 79.9. The average Bonchev–Trinajstić information content (AvgIpc) is 2.66. The van der Waals surface area contributed by atoms with Crippen LogP contribution in [-0.2, 0) is 11.2 Å². The van der Waals surface area contributed by atoms with Gasteiger partial charge in [0.15, 0.2) is 11.5 Å². The molecular weight excluding hydrogens is 398 g/mol. The number of rotatable bonds is 6. The average molecular weight is 418 g/mol. The summed E-state index contributed by atoms with van der Waals surface area (Å²) in [5, 5.41) is 2.88. The van der Waals surface area contributed by atoms with Crippen molar-refractivity contribution >= 4 is 27.9 Å². The Morgan fingerprint density at radius 1 is 1.19 bits per heavy atom. The number of halogens is 1. The second-order valence-electron chi connectivity index (χ2n) is 5.74. The molecule has 0 unspecified atom stereocenters. The summed E-state index contributed by atoms with van der Waals surface area (Å²) in [7, 11) is 1.61. The molecule has 6 heteroatoms. The van der Waals surface area contributed by atoms with Crippen LogP contribution in [0.3, 0.4) is 0 Å². The monoisotopic (exact) mass is 417 g/mol. The molecule has 0 aromatic heterocycles. The zero-order valence-electron chi connectivity index (χ0n) is 14.5. The van der Waals surface area contributed by atoms with E-state index in [0.29, 0.717) is 25.5 Å². The summed E-state index contributed by atoms with van der Waals surface area (Å²) >= 11 is 3.42. The molecule has 1 amide bonds. The Kier molecular flexibility index (Phi) is 6.17. The summed E-state index contributed by atoms with van der Waals surface area (Å²) in [6, 6.07) is 11.5. The first-order chi connectivity index (χ1) is 12.7. The van der Waals surface area contributed by atoms with Crippen LogP contribution in [0.1, 0.15) is 11.1 Å². The van der Waals surface area contributed by atoms with Gasteiger partial charge in [0.05, 0.1) is 7.11 Å². The van der Waals surface area contributed by atoms with Crippen LogP contribution in [0.4, 0.5) is 0 Å². The number of benzene rings is 2. The summed E-state index contributed by atoms with van der Waals surface area (Å²) in [5.74, 6) is 2.11. The van der Waals surface area contributed by atoms with E-state index >= 15 is 0 Å². The Hall–Kier alpha value is -2.47. The molecule has 136 valence electrons. The normalized spacial score (nSPS) is 12.8. The van der Waals surface area contributed by atoms with Gasteiger partial charge in [0.25, 0.3) is 0 Å². The minimum Gasteiger partial charge on any atom is -0.496 e. The van der Waals surface area contributed by atoms with E-state index in [1.54, 1.807) is 13.2 Å². The molecule has 2 aromatic carbocycles. The molecule has 0 saturated heterocycles. The van der Waals surface area contributed by atoms with Crippen molar-refractivity contribution in [3.63, 3.8) is 0 Å². The van der Waals surface area contributed by atoms with Gasteiger partial charge in [-0.3, -0.25) is 4.79 Å². The van der Waals surface area contributed by atoms with Crippen LogP contribution in [0.5, 0.6) is 17.2 Å². The maximum atomic E-state index is 12.0. The van der Waals surface area contributed by atoms with Gasteiger partial charge >= 0.3 is 0 Å². The van der Waals surface area contributed by atoms with Gasteiger partial charge < -0.3 is 19.5 Å². The lowest BCUT2D eigenvalue weighted by atomic mass is 10.1. The predicted octanol–water partition coefficient (Wildman–Crippen LogP) is 3.60. The lowest BCUT2D eigenvalue weighted by molar-refractivity contribution is -0.116. The third kappa shape index (κ3) is 4.79. The first-order valence-electron chi connectivity index (χ1n) is 8.33. The number of ether oxygens (including phenoxy) is 3. The van der Waals surface area contributed by atoms with E-state index in [4.69, 9.17) is 14.2 Å². The van der Waals surface area contributed by atoms with Crippen LogP contribution >= 0.6 is 15.9 Å². The van der Waals surface area contributed by atoms with E-state index in [2.05, 4.69) is 21.2 Å². The minimum atomic E-state index is -0.149. The molecule has 0 saturated carbocycles. The van der Waals surface area contributed by atoms with Gasteiger partial charge in [0.2, 0.25) is 5.91 Å². The van der Waals surface area contributed by atoms with Crippen molar-refractivity contribution in [2.75, 3.05) is 26.9 Å². The van der Waals surface area contributed by atoms with E-state index in [0.717, 1.165) is 33.5 Å². The third-order valence-electron chi connectivity index (χ3n) is 3.93. The fourth-order valence-electron chi connectivity index (χ4n) is 2.63. The first-order valence-corrected chi connectivity index (χ1v) is 9.13. The molecule has 0 bridgehead atoms. The summed E-state index contributed by atoms with van der Waals surface area (Å²) in [4.78, 5) is 12.0. The summed E-state index contributed by atoms with van der Waals surface area (Å²) < 4.78 is 17.3. The van der Waals surface area contributed by atoms with Crippen LogP contribution in [0.15, 0.2) is 46.9 Å². The van der Waals surface area contributed by atoms with E-state index in [9.17, 15) is 4.79 Å². The smallest absolute Gasteiger partial charge is 0.244 e. The zero-order chi connectivity index (χ0) is 18.4. The highest BCUT2D eigenvalue weighted by Gasteiger charge is 2.11. The van der Waals surface area contributed by atoms with Crippen molar-refractivity contribution in [3.8, 4) is 17.2 Å². The Morgan fingerprint density at radius 2 is 2.00 bits per heavy atom. The van der Waals surface area contributed by atoms with Gasteiger partial charge in [-0.05, 0) is 48.4 Å². The Labute approximate surface area is 161 Å². The molecule has 5 nitrogen and oxygen atoms in total. The fourth-order valence-corrected chi connectivity index (χ4v) is 3.01. The zero-order valence-corrected chi connectivity index (χ0v) is 16.0. The summed E-state index contributed by atoms with van der Waals surface area (Å²) in [6.45, 7) is 1.69. The van der Waals surface area contributed by atoms with Gasteiger partial charge in [-0.1, -0.05) is 22.0 Å². The highest BCUT2D eigenvalue weighted by Crippen LogP contribution is 2.30. The lowest BCUT2D eigenvalue weighted by Crippen LogP contribution is -2.23. The van der Waals surface area contributed by atoms with Crippen LogP contribution in [0.25, 0.3) is 6.08 Å². The van der Waals surface area contributed by atoms with Crippen molar-refractivity contribution in [2.45, 2.75) is 6.42 Å². The molecule has 0 radical (unpaired) electrons. The number of hydrogen-bond donors (Lipinski definition) is 1. The molecule has 26 heavy (non-hydrogen) atoms. The van der Waals surface area contributed by atoms with Crippen LogP contribution in [0, 0.1) is 0 Å². The van der Waals surface area contributed by atoms with E-state index in [1.807, 2.05) is 36.4 Å². The standard InChI is InChI=1S/C20H20BrNO4/c1-24-17-6-4-16(21)13-15(17)3-7-20(23)22-9-8-14-2-5-18-19(12-14)26-11-10-25-18/h2-7,12-13H,8-11H2,1H3,(H,22,23)/b7-3+. The number of carbonyl (C=O) groups excluding carboxylic acids is 1. The molecular formula is C20H20BrNO4. The van der Waals surface area contributed by atoms with Gasteiger partial charge in [0.1, 0.15) is 19.0 Å². The maximum absolute atomic E-state index is 12.0. The molecule has 0 fully saturated rings. The van der Waals surface area contributed by atoms with Gasteiger partial charge in [-0.15, -0.1) is 0 Å². The molecule has 1 N–H and O–H groups in total. The molecule has 0 spiro atoms. The highest BCUT2D eigenvalue weighted by molar-refractivity contribution is 9.10. The van der Waals surface area contributed by atoms with E-state index in [-0.39, 0.29) is 5.91 Å². The second-order valence-corrected chi connectivity index (χ2v) is 6.65. The number of carbonyl (C=O) groups is 1. The second kappa shape index (κ2) is 8.76. The van der Waals surface area contributed by atoms with E-state index in [1.165, 1.54) is 6.08 Å². The molecule has 1 heterocycles. The Bertz CT molecular complexity index is 819. The molecule has 3 rings (SSSR count). The topological polar surface area (TPSA) is 56.8 Å². The number of amides is 1. The SMILES string of the molecule is COc1ccc(Br)cc1/C=C/C(=O)NCCc1ccc2c(c1)OCCO2. The first kappa shape index (κ1) is 18.3. The molecule has 0 aliphatic carbocycles. The van der Waals surface area contributed by atoms with Gasteiger partial charge in [-0.2, -0.15) is 0 Å². The summed E-state index contributed by atoms with van der Waals surface area (Å²) in [6.07, 6.45) is 3.97. The van der Waals surface area contributed by atoms with Crippen LogP contribution < -0.4 is 19.5 Å². The lowest BCUT2D eigenvalue weighted by Gasteiger charge is -2.18.